The lowest BCUT2D eigenvalue weighted by Crippen LogP contribution is -2.33. The van der Waals surface area contributed by atoms with Gasteiger partial charge in [0.05, 0.1) is 5.01 Å². The maximum absolute atomic E-state index is 4.33. The van der Waals surface area contributed by atoms with E-state index in [2.05, 4.69) is 31.1 Å². The van der Waals surface area contributed by atoms with Crippen LogP contribution in [0.15, 0.2) is 6.20 Å². The molecule has 1 aliphatic rings. The molecule has 2 nitrogen and oxygen atoms in total. The van der Waals surface area contributed by atoms with Gasteiger partial charge in [0.2, 0.25) is 0 Å². The second-order valence-electron chi connectivity index (χ2n) is 4.88. The predicted octanol–water partition coefficient (Wildman–Crippen LogP) is 3.68. The molecule has 1 heterocycles. The highest BCUT2D eigenvalue weighted by molar-refractivity contribution is 7.11. The summed E-state index contributed by atoms with van der Waals surface area (Å²) >= 11 is 1.81. The largest absolute Gasteiger partial charge is 0.306 e. The molecule has 90 valence electrons. The number of thiazole rings is 1. The van der Waals surface area contributed by atoms with Crippen LogP contribution in [-0.2, 0) is 0 Å². The van der Waals surface area contributed by atoms with Crippen molar-refractivity contribution in [1.82, 2.24) is 10.3 Å². The van der Waals surface area contributed by atoms with Gasteiger partial charge in [0, 0.05) is 23.2 Å². The maximum atomic E-state index is 4.33. The first kappa shape index (κ1) is 12.1. The molecule has 1 fully saturated rings. The van der Waals surface area contributed by atoms with Crippen LogP contribution >= 0.6 is 11.3 Å². The van der Waals surface area contributed by atoms with Crippen molar-refractivity contribution in [3.05, 3.63) is 16.1 Å². The Morgan fingerprint density at radius 2 is 2.38 bits per heavy atom. The molecule has 0 radical (unpaired) electrons. The van der Waals surface area contributed by atoms with Crippen LogP contribution in [-0.4, -0.2) is 11.0 Å². The lowest BCUT2D eigenvalue weighted by atomic mass is 10.00. The number of nitrogens with zero attached hydrogens (tertiary/aromatic N) is 1. The Labute approximate surface area is 102 Å². The van der Waals surface area contributed by atoms with Crippen LogP contribution in [0.2, 0.25) is 0 Å². The van der Waals surface area contributed by atoms with Crippen LogP contribution in [0.4, 0.5) is 0 Å². The van der Waals surface area contributed by atoms with Gasteiger partial charge in [-0.05, 0) is 32.6 Å². The van der Waals surface area contributed by atoms with Gasteiger partial charge in [-0.25, -0.2) is 4.98 Å². The Kier molecular flexibility index (Phi) is 3.98. The fourth-order valence-corrected chi connectivity index (χ4v) is 3.52. The molecule has 2 rings (SSSR count). The Balaban J connectivity index is 1.94. The molecule has 3 unspecified atom stereocenters. The zero-order chi connectivity index (χ0) is 11.5. The van der Waals surface area contributed by atoms with Crippen LogP contribution in [0, 0.1) is 12.8 Å². The highest BCUT2D eigenvalue weighted by Crippen LogP contribution is 2.30. The van der Waals surface area contributed by atoms with E-state index in [1.165, 1.54) is 35.6 Å². The fraction of sp³-hybridized carbons (Fsp3) is 0.769. The van der Waals surface area contributed by atoms with Crippen molar-refractivity contribution in [2.45, 2.75) is 58.5 Å². The Morgan fingerprint density at radius 3 is 3.00 bits per heavy atom. The molecule has 1 aromatic rings. The number of rotatable bonds is 4. The average Bonchev–Trinajstić information content (AvgIpc) is 2.86. The molecule has 1 N–H and O–H groups in total. The second-order valence-corrected chi connectivity index (χ2v) is 6.14. The Hall–Kier alpha value is -0.410. The number of nitrogens with one attached hydrogen (secondary N) is 1. The summed E-state index contributed by atoms with van der Waals surface area (Å²) in [4.78, 5) is 5.70. The third kappa shape index (κ3) is 2.64. The average molecular weight is 238 g/mol. The van der Waals surface area contributed by atoms with Crippen LogP contribution in [0.5, 0.6) is 0 Å². The van der Waals surface area contributed by atoms with E-state index in [1.807, 2.05) is 17.5 Å². The molecule has 3 atom stereocenters. The summed E-state index contributed by atoms with van der Waals surface area (Å²) in [7, 11) is 0. The number of aryl methyl sites for hydroxylation is 1. The number of hydrogen-bond donors (Lipinski definition) is 1. The molecule has 1 aliphatic carbocycles. The first-order valence-electron chi connectivity index (χ1n) is 6.39. The Bertz CT molecular complexity index is 334. The number of hydrogen-bond acceptors (Lipinski definition) is 3. The number of aromatic nitrogens is 1. The van der Waals surface area contributed by atoms with E-state index in [0.29, 0.717) is 6.04 Å². The first-order chi connectivity index (χ1) is 7.70. The molecule has 0 aliphatic heterocycles. The molecule has 1 saturated carbocycles. The van der Waals surface area contributed by atoms with Gasteiger partial charge in [0.15, 0.2) is 0 Å². The second kappa shape index (κ2) is 5.28. The molecule has 16 heavy (non-hydrogen) atoms. The summed E-state index contributed by atoms with van der Waals surface area (Å²) in [6.07, 6.45) is 7.48. The molecule has 0 bridgehead atoms. The third-order valence-corrected chi connectivity index (χ3v) is 4.81. The molecule has 3 heteroatoms. The molecule has 0 spiro atoms. The van der Waals surface area contributed by atoms with Gasteiger partial charge in [0.25, 0.3) is 0 Å². The van der Waals surface area contributed by atoms with Gasteiger partial charge in [0.1, 0.15) is 0 Å². The third-order valence-electron chi connectivity index (χ3n) is 3.71. The normalized spacial score (nSPS) is 27.2. The smallest absolute Gasteiger partial charge is 0.0897 e. The van der Waals surface area contributed by atoms with Crippen molar-refractivity contribution in [1.29, 1.82) is 0 Å². The molecular formula is C13H22N2S. The maximum Gasteiger partial charge on any atom is 0.0897 e. The van der Waals surface area contributed by atoms with Gasteiger partial charge in [-0.2, -0.15) is 0 Å². The quantitative estimate of drug-likeness (QED) is 0.865. The van der Waals surface area contributed by atoms with Crippen molar-refractivity contribution < 1.29 is 0 Å². The minimum atomic E-state index is 0.461. The lowest BCUT2D eigenvalue weighted by molar-refractivity contribution is 0.362. The molecule has 1 aromatic heterocycles. The van der Waals surface area contributed by atoms with E-state index in [0.717, 1.165) is 12.0 Å². The summed E-state index contributed by atoms with van der Waals surface area (Å²) in [6.45, 7) is 6.65. The summed E-state index contributed by atoms with van der Waals surface area (Å²) in [5.41, 5.74) is 0. The van der Waals surface area contributed by atoms with Crippen molar-refractivity contribution in [2.75, 3.05) is 0 Å². The van der Waals surface area contributed by atoms with Gasteiger partial charge in [-0.15, -0.1) is 11.3 Å². The van der Waals surface area contributed by atoms with Crippen molar-refractivity contribution in [2.24, 2.45) is 5.92 Å². The van der Waals surface area contributed by atoms with Crippen LogP contribution in [0.3, 0.4) is 0 Å². The Morgan fingerprint density at radius 1 is 1.56 bits per heavy atom. The SMILES string of the molecule is CCC1CCCC1NC(C)c1cnc(C)s1. The molecule has 0 aromatic carbocycles. The monoisotopic (exact) mass is 238 g/mol. The predicted molar refractivity (Wildman–Crippen MR) is 69.8 cm³/mol. The highest BCUT2D eigenvalue weighted by atomic mass is 32.1. The minimum absolute atomic E-state index is 0.461. The van der Waals surface area contributed by atoms with E-state index in [-0.39, 0.29) is 0 Å². The van der Waals surface area contributed by atoms with Crippen molar-refractivity contribution >= 4 is 11.3 Å². The summed E-state index contributed by atoms with van der Waals surface area (Å²) < 4.78 is 0. The lowest BCUT2D eigenvalue weighted by Gasteiger charge is -2.23. The molecule has 0 amide bonds. The summed E-state index contributed by atoms with van der Waals surface area (Å²) in [6, 6.07) is 1.19. The highest BCUT2D eigenvalue weighted by Gasteiger charge is 2.27. The minimum Gasteiger partial charge on any atom is -0.306 e. The van der Waals surface area contributed by atoms with Crippen LogP contribution in [0.25, 0.3) is 0 Å². The topological polar surface area (TPSA) is 24.9 Å². The first-order valence-corrected chi connectivity index (χ1v) is 7.20. The summed E-state index contributed by atoms with van der Waals surface area (Å²) in [5.74, 6) is 0.886. The van der Waals surface area contributed by atoms with Crippen LogP contribution < -0.4 is 5.32 Å². The zero-order valence-electron chi connectivity index (χ0n) is 10.5. The van der Waals surface area contributed by atoms with Gasteiger partial charge >= 0.3 is 0 Å². The molecular weight excluding hydrogens is 216 g/mol. The standard InChI is InChI=1S/C13H22N2S/c1-4-11-6-5-7-12(11)15-9(2)13-8-14-10(3)16-13/h8-9,11-12,15H,4-7H2,1-3H3. The van der Waals surface area contributed by atoms with Gasteiger partial charge in [-0.3, -0.25) is 0 Å². The van der Waals surface area contributed by atoms with Crippen molar-refractivity contribution in [3.8, 4) is 0 Å². The van der Waals surface area contributed by atoms with E-state index < -0.39 is 0 Å². The van der Waals surface area contributed by atoms with E-state index in [9.17, 15) is 0 Å². The van der Waals surface area contributed by atoms with E-state index in [4.69, 9.17) is 0 Å². The zero-order valence-corrected chi connectivity index (χ0v) is 11.3. The van der Waals surface area contributed by atoms with E-state index in [1.54, 1.807) is 0 Å². The van der Waals surface area contributed by atoms with Gasteiger partial charge in [-0.1, -0.05) is 19.8 Å². The van der Waals surface area contributed by atoms with E-state index >= 15 is 0 Å². The summed E-state index contributed by atoms with van der Waals surface area (Å²) in [5, 5.41) is 4.95. The fourth-order valence-electron chi connectivity index (χ4n) is 2.73. The molecule has 0 saturated heterocycles. The van der Waals surface area contributed by atoms with Crippen LogP contribution in [0.1, 0.15) is 55.5 Å². The van der Waals surface area contributed by atoms with Gasteiger partial charge < -0.3 is 5.32 Å². The van der Waals surface area contributed by atoms with Crippen molar-refractivity contribution in [3.63, 3.8) is 0 Å².